The molecule has 0 aliphatic rings. The maximum atomic E-state index is 11.6. The summed E-state index contributed by atoms with van der Waals surface area (Å²) >= 11 is 0. The van der Waals surface area contributed by atoms with Gasteiger partial charge in [-0.15, -0.1) is 0 Å². The first kappa shape index (κ1) is 10.9. The number of rotatable bonds is 2. The molecule has 6 nitrogen and oxygen atoms in total. The number of H-pyrrole nitrogens is 1. The second-order valence-corrected chi connectivity index (χ2v) is 3.38. The third kappa shape index (κ3) is 2.49. The van der Waals surface area contributed by atoms with Gasteiger partial charge in [0.2, 0.25) is 0 Å². The first-order valence-electron chi connectivity index (χ1n) is 4.87. The Morgan fingerprint density at radius 2 is 2.18 bits per heavy atom. The average Bonchev–Trinajstić information content (AvgIpc) is 2.29. The van der Waals surface area contributed by atoms with Gasteiger partial charge < -0.3 is 10.7 Å². The molecule has 0 saturated heterocycles. The number of nitrogens with two attached hydrogens (primary N) is 1. The number of nitrogens with zero attached hydrogens (tertiary/aromatic N) is 1. The molecule has 0 unspecified atom stereocenters. The summed E-state index contributed by atoms with van der Waals surface area (Å²) in [6.07, 6.45) is 1.25. The fourth-order valence-electron chi connectivity index (χ4n) is 1.43. The van der Waals surface area contributed by atoms with E-state index in [0.717, 1.165) is 10.9 Å². The summed E-state index contributed by atoms with van der Waals surface area (Å²) in [5.41, 5.74) is 7.67. The molecule has 2 aromatic rings. The molecular weight excluding hydrogens is 220 g/mol. The highest BCUT2D eigenvalue weighted by Gasteiger charge is 1.99. The van der Waals surface area contributed by atoms with Gasteiger partial charge >= 0.3 is 6.03 Å². The molecule has 0 radical (unpaired) electrons. The summed E-state index contributed by atoms with van der Waals surface area (Å²) in [7, 11) is 0. The van der Waals surface area contributed by atoms with Crippen LogP contribution in [0.5, 0.6) is 0 Å². The second-order valence-electron chi connectivity index (χ2n) is 3.38. The number of nitrogens with one attached hydrogen (secondary N) is 2. The fourth-order valence-corrected chi connectivity index (χ4v) is 1.43. The van der Waals surface area contributed by atoms with Gasteiger partial charge in [-0.2, -0.15) is 5.10 Å². The molecular formula is C11H10N4O2. The van der Waals surface area contributed by atoms with Gasteiger partial charge in [-0.1, -0.05) is 18.2 Å². The summed E-state index contributed by atoms with van der Waals surface area (Å²) in [6, 6.07) is 8.27. The largest absolute Gasteiger partial charge is 0.350 e. The van der Waals surface area contributed by atoms with Crippen molar-refractivity contribution >= 4 is 23.1 Å². The van der Waals surface area contributed by atoms with Crippen LogP contribution in [0, 0.1) is 0 Å². The lowest BCUT2D eigenvalue weighted by molar-refractivity contribution is 0.249. The lowest BCUT2D eigenvalue weighted by atomic mass is 10.2. The number of urea groups is 1. The van der Waals surface area contributed by atoms with E-state index in [1.54, 1.807) is 12.1 Å². The highest BCUT2D eigenvalue weighted by Crippen LogP contribution is 2.08. The Bertz CT molecular complexity index is 645. The molecule has 2 amide bonds. The summed E-state index contributed by atoms with van der Waals surface area (Å²) in [6.45, 7) is 0. The minimum absolute atomic E-state index is 0.279. The number of carbonyl (C=O) groups is 1. The van der Waals surface area contributed by atoms with Crippen LogP contribution in [-0.4, -0.2) is 17.2 Å². The molecule has 0 aliphatic heterocycles. The van der Waals surface area contributed by atoms with Crippen molar-refractivity contribution in [2.24, 2.45) is 10.8 Å². The van der Waals surface area contributed by atoms with Crippen molar-refractivity contribution in [2.75, 3.05) is 0 Å². The first-order chi connectivity index (χ1) is 8.16. The van der Waals surface area contributed by atoms with Crippen LogP contribution < -0.4 is 16.7 Å². The van der Waals surface area contributed by atoms with Gasteiger partial charge in [0.15, 0.2) is 0 Å². The molecule has 1 aromatic carbocycles. The van der Waals surface area contributed by atoms with Crippen molar-refractivity contribution in [3.63, 3.8) is 0 Å². The molecule has 0 atom stereocenters. The van der Waals surface area contributed by atoms with Crippen molar-refractivity contribution in [3.8, 4) is 0 Å². The Morgan fingerprint density at radius 1 is 1.41 bits per heavy atom. The Kier molecular flexibility index (Phi) is 2.87. The van der Waals surface area contributed by atoms with Crippen molar-refractivity contribution < 1.29 is 4.79 Å². The van der Waals surface area contributed by atoms with Gasteiger partial charge in [-0.25, -0.2) is 10.2 Å². The lowest BCUT2D eigenvalue weighted by Crippen LogP contribution is -2.25. The molecule has 0 bridgehead atoms. The maximum absolute atomic E-state index is 11.6. The SMILES string of the molecule is NC(=O)NN=Cc1cc2ccccc2[nH]c1=O. The van der Waals surface area contributed by atoms with E-state index in [2.05, 4.69) is 10.1 Å². The van der Waals surface area contributed by atoms with E-state index in [0.29, 0.717) is 5.56 Å². The Morgan fingerprint density at radius 3 is 2.94 bits per heavy atom. The van der Waals surface area contributed by atoms with Crippen LogP contribution in [0.4, 0.5) is 4.79 Å². The number of pyridine rings is 1. The number of carbonyl (C=O) groups excluding carboxylic acids is 1. The van der Waals surface area contributed by atoms with Crippen molar-refractivity contribution in [2.45, 2.75) is 0 Å². The molecule has 0 fully saturated rings. The fraction of sp³-hybridized carbons (Fsp3) is 0. The van der Waals surface area contributed by atoms with Gasteiger partial charge in [-0.3, -0.25) is 4.79 Å². The quantitative estimate of drug-likeness (QED) is 0.517. The van der Waals surface area contributed by atoms with Crippen LogP contribution in [0.3, 0.4) is 0 Å². The molecule has 6 heteroatoms. The lowest BCUT2D eigenvalue weighted by Gasteiger charge is -1.98. The predicted molar refractivity (Wildman–Crippen MR) is 64.9 cm³/mol. The van der Waals surface area contributed by atoms with E-state index in [9.17, 15) is 9.59 Å². The van der Waals surface area contributed by atoms with Gasteiger partial charge in [0.1, 0.15) is 0 Å². The number of amides is 2. The Hall–Kier alpha value is -2.63. The van der Waals surface area contributed by atoms with E-state index in [-0.39, 0.29) is 5.56 Å². The molecule has 4 N–H and O–H groups in total. The number of para-hydroxylation sites is 1. The molecule has 86 valence electrons. The maximum Gasteiger partial charge on any atom is 0.332 e. The van der Waals surface area contributed by atoms with E-state index in [1.165, 1.54) is 6.21 Å². The summed E-state index contributed by atoms with van der Waals surface area (Å²) < 4.78 is 0. The van der Waals surface area contributed by atoms with Crippen molar-refractivity contribution in [3.05, 3.63) is 46.2 Å². The third-order valence-electron chi connectivity index (χ3n) is 2.16. The zero-order chi connectivity index (χ0) is 12.3. The third-order valence-corrected chi connectivity index (χ3v) is 2.16. The highest BCUT2D eigenvalue weighted by atomic mass is 16.2. The molecule has 1 heterocycles. The summed E-state index contributed by atoms with van der Waals surface area (Å²) in [5.74, 6) is 0. The van der Waals surface area contributed by atoms with Gasteiger partial charge in [0.05, 0.1) is 11.8 Å². The normalized spacial score (nSPS) is 10.8. The van der Waals surface area contributed by atoms with Crippen LogP contribution in [0.1, 0.15) is 5.56 Å². The van der Waals surface area contributed by atoms with Crippen molar-refractivity contribution in [1.29, 1.82) is 0 Å². The molecule has 1 aromatic heterocycles. The molecule has 2 rings (SSSR count). The topological polar surface area (TPSA) is 100 Å². The summed E-state index contributed by atoms with van der Waals surface area (Å²) in [4.78, 5) is 24.7. The number of primary amides is 1. The smallest absolute Gasteiger partial charge is 0.332 e. The zero-order valence-corrected chi connectivity index (χ0v) is 8.81. The standard InChI is InChI=1S/C11H10N4O2/c12-11(17)15-13-6-8-5-7-3-1-2-4-9(7)14-10(8)16/h1-6H,(H,14,16)(H3,12,15,17). The predicted octanol–water partition coefficient (Wildman–Crippen LogP) is 0.530. The number of benzene rings is 1. The molecule has 0 spiro atoms. The van der Waals surface area contributed by atoms with E-state index < -0.39 is 6.03 Å². The van der Waals surface area contributed by atoms with Crippen molar-refractivity contribution in [1.82, 2.24) is 10.4 Å². The monoisotopic (exact) mass is 230 g/mol. The Balaban J connectivity index is 2.41. The van der Waals surface area contributed by atoms with Crippen LogP contribution in [0.2, 0.25) is 0 Å². The van der Waals surface area contributed by atoms with Crippen LogP contribution in [0.15, 0.2) is 40.2 Å². The molecule has 0 saturated carbocycles. The Labute approximate surface area is 96.1 Å². The number of aromatic amines is 1. The number of hydrogen-bond donors (Lipinski definition) is 3. The highest BCUT2D eigenvalue weighted by molar-refractivity contribution is 5.88. The van der Waals surface area contributed by atoms with E-state index in [4.69, 9.17) is 5.73 Å². The molecule has 17 heavy (non-hydrogen) atoms. The number of hydrazone groups is 1. The minimum Gasteiger partial charge on any atom is -0.350 e. The van der Waals surface area contributed by atoms with E-state index >= 15 is 0 Å². The van der Waals surface area contributed by atoms with Gasteiger partial charge in [-0.05, 0) is 17.5 Å². The number of fused-ring (bicyclic) bond motifs is 1. The average molecular weight is 230 g/mol. The van der Waals surface area contributed by atoms with Crippen LogP contribution in [-0.2, 0) is 0 Å². The van der Waals surface area contributed by atoms with Crippen LogP contribution >= 0.6 is 0 Å². The minimum atomic E-state index is -0.779. The first-order valence-corrected chi connectivity index (χ1v) is 4.87. The second kappa shape index (κ2) is 4.48. The molecule has 0 aliphatic carbocycles. The van der Waals surface area contributed by atoms with Gasteiger partial charge in [0.25, 0.3) is 5.56 Å². The number of aromatic nitrogens is 1. The zero-order valence-electron chi connectivity index (χ0n) is 8.81. The van der Waals surface area contributed by atoms with Crippen LogP contribution in [0.25, 0.3) is 10.9 Å². The van der Waals surface area contributed by atoms with E-state index in [1.807, 2.05) is 23.6 Å². The number of hydrogen-bond acceptors (Lipinski definition) is 3. The van der Waals surface area contributed by atoms with Gasteiger partial charge in [0, 0.05) is 5.52 Å². The summed E-state index contributed by atoms with van der Waals surface area (Å²) in [5, 5.41) is 4.42.